The first-order valence-corrected chi connectivity index (χ1v) is 9.25. The molecule has 5 heteroatoms. The average Bonchev–Trinajstić information content (AvgIpc) is 2.65. The summed E-state index contributed by atoms with van der Waals surface area (Å²) in [7, 11) is 1.59. The second-order valence-electron chi connectivity index (χ2n) is 5.84. The number of nitrogens with one attached hydrogen (secondary N) is 1. The number of thioether (sulfide) groups is 1. The SMILES string of the molecule is CNC(=O)C(C)N(Cc1ccccc1C)C(=O)CSc1ccccc1. The molecule has 1 unspecified atom stereocenters. The number of aryl methyl sites for hydroxylation is 1. The Kier molecular flexibility index (Phi) is 7.07. The van der Waals surface area contributed by atoms with Crippen LogP contribution >= 0.6 is 11.8 Å². The van der Waals surface area contributed by atoms with Crippen molar-refractivity contribution in [2.45, 2.75) is 31.3 Å². The number of benzene rings is 2. The van der Waals surface area contributed by atoms with Crippen LogP contribution in [0.2, 0.25) is 0 Å². The van der Waals surface area contributed by atoms with Gasteiger partial charge in [0.15, 0.2) is 0 Å². The van der Waals surface area contributed by atoms with E-state index < -0.39 is 6.04 Å². The number of nitrogens with zero attached hydrogens (tertiary/aromatic N) is 1. The summed E-state index contributed by atoms with van der Waals surface area (Å²) in [6.45, 7) is 4.21. The van der Waals surface area contributed by atoms with E-state index in [4.69, 9.17) is 0 Å². The van der Waals surface area contributed by atoms with Crippen LogP contribution in [-0.2, 0) is 16.1 Å². The molecular weight excluding hydrogens is 332 g/mol. The second-order valence-corrected chi connectivity index (χ2v) is 6.89. The maximum atomic E-state index is 12.8. The summed E-state index contributed by atoms with van der Waals surface area (Å²) >= 11 is 1.49. The summed E-state index contributed by atoms with van der Waals surface area (Å²) in [6.07, 6.45) is 0. The second kappa shape index (κ2) is 9.28. The average molecular weight is 356 g/mol. The molecule has 0 heterocycles. The first-order valence-electron chi connectivity index (χ1n) is 8.26. The first kappa shape index (κ1) is 19.1. The zero-order valence-corrected chi connectivity index (χ0v) is 15.7. The highest BCUT2D eigenvalue weighted by Crippen LogP contribution is 2.20. The van der Waals surface area contributed by atoms with Gasteiger partial charge in [-0.05, 0) is 37.1 Å². The van der Waals surface area contributed by atoms with Crippen LogP contribution in [0.15, 0.2) is 59.5 Å². The van der Waals surface area contributed by atoms with Crippen molar-refractivity contribution in [2.75, 3.05) is 12.8 Å². The number of carbonyl (C=O) groups excluding carboxylic acids is 2. The Balaban J connectivity index is 2.14. The lowest BCUT2D eigenvalue weighted by Crippen LogP contribution is -2.47. The van der Waals surface area contributed by atoms with Crippen molar-refractivity contribution in [3.8, 4) is 0 Å². The lowest BCUT2D eigenvalue weighted by atomic mass is 10.1. The summed E-state index contributed by atoms with van der Waals surface area (Å²) in [4.78, 5) is 27.6. The van der Waals surface area contributed by atoms with Gasteiger partial charge in [0.2, 0.25) is 11.8 Å². The molecular formula is C20H24N2O2S. The van der Waals surface area contributed by atoms with Gasteiger partial charge in [0, 0.05) is 18.5 Å². The molecule has 2 amide bonds. The number of carbonyl (C=O) groups is 2. The summed E-state index contributed by atoms with van der Waals surface area (Å²) in [5, 5.41) is 2.63. The van der Waals surface area contributed by atoms with Crippen molar-refractivity contribution < 1.29 is 9.59 Å². The van der Waals surface area contributed by atoms with Gasteiger partial charge in [0.1, 0.15) is 6.04 Å². The monoisotopic (exact) mass is 356 g/mol. The van der Waals surface area contributed by atoms with Gasteiger partial charge in [-0.1, -0.05) is 42.5 Å². The highest BCUT2D eigenvalue weighted by atomic mass is 32.2. The predicted octanol–water partition coefficient (Wildman–Crippen LogP) is 3.25. The largest absolute Gasteiger partial charge is 0.357 e. The van der Waals surface area contributed by atoms with Crippen LogP contribution in [0.1, 0.15) is 18.1 Å². The Bertz CT molecular complexity index is 719. The summed E-state index contributed by atoms with van der Waals surface area (Å²) in [6, 6.07) is 17.2. The zero-order chi connectivity index (χ0) is 18.2. The molecule has 0 aliphatic rings. The summed E-state index contributed by atoms with van der Waals surface area (Å²) in [5.74, 6) is 0.0943. The Morgan fingerprint density at radius 1 is 1.08 bits per heavy atom. The van der Waals surface area contributed by atoms with Gasteiger partial charge in [-0.2, -0.15) is 0 Å². The van der Waals surface area contributed by atoms with Crippen molar-refractivity contribution in [2.24, 2.45) is 0 Å². The normalized spacial score (nSPS) is 11.6. The molecule has 0 fully saturated rings. The van der Waals surface area contributed by atoms with Gasteiger partial charge >= 0.3 is 0 Å². The van der Waals surface area contributed by atoms with E-state index in [0.717, 1.165) is 16.0 Å². The van der Waals surface area contributed by atoms with Gasteiger partial charge in [-0.25, -0.2) is 0 Å². The minimum absolute atomic E-state index is 0.0480. The standard InChI is InChI=1S/C20H24N2O2S/c1-15-9-7-8-10-17(15)13-22(16(2)20(24)21-3)19(23)14-25-18-11-5-4-6-12-18/h4-12,16H,13-14H2,1-3H3,(H,21,24). The number of rotatable bonds is 7. The minimum atomic E-state index is -0.520. The van der Waals surface area contributed by atoms with E-state index in [-0.39, 0.29) is 11.8 Å². The molecule has 2 rings (SSSR count). The maximum absolute atomic E-state index is 12.8. The fourth-order valence-electron chi connectivity index (χ4n) is 2.51. The van der Waals surface area contributed by atoms with Crippen LogP contribution in [0.25, 0.3) is 0 Å². The molecule has 0 aliphatic carbocycles. The van der Waals surface area contributed by atoms with E-state index in [2.05, 4.69) is 5.32 Å². The van der Waals surface area contributed by atoms with E-state index in [9.17, 15) is 9.59 Å². The highest BCUT2D eigenvalue weighted by Gasteiger charge is 2.25. The van der Waals surface area contributed by atoms with Gasteiger partial charge in [0.25, 0.3) is 0 Å². The third-order valence-electron chi connectivity index (χ3n) is 4.12. The van der Waals surface area contributed by atoms with Gasteiger partial charge in [-0.3, -0.25) is 9.59 Å². The quantitative estimate of drug-likeness (QED) is 0.775. The topological polar surface area (TPSA) is 49.4 Å². The van der Waals surface area contributed by atoms with Crippen LogP contribution in [-0.4, -0.2) is 35.6 Å². The molecule has 2 aromatic carbocycles. The molecule has 0 saturated heterocycles. The van der Waals surface area contributed by atoms with Gasteiger partial charge in [0.05, 0.1) is 5.75 Å². The van der Waals surface area contributed by atoms with Gasteiger partial charge < -0.3 is 10.2 Å². The third kappa shape index (κ3) is 5.36. The number of hydrogen-bond donors (Lipinski definition) is 1. The molecule has 1 N–H and O–H groups in total. The van der Waals surface area contributed by atoms with Crippen molar-refractivity contribution in [1.82, 2.24) is 10.2 Å². The number of hydrogen-bond acceptors (Lipinski definition) is 3. The Morgan fingerprint density at radius 2 is 1.72 bits per heavy atom. The highest BCUT2D eigenvalue weighted by molar-refractivity contribution is 8.00. The maximum Gasteiger partial charge on any atom is 0.242 e. The molecule has 0 aromatic heterocycles. The Labute approximate surface area is 153 Å². The van der Waals surface area contributed by atoms with E-state index in [0.29, 0.717) is 12.3 Å². The zero-order valence-electron chi connectivity index (χ0n) is 14.9. The Hall–Kier alpha value is -2.27. The molecule has 1 atom stereocenters. The molecule has 0 saturated carbocycles. The predicted molar refractivity (Wildman–Crippen MR) is 102 cm³/mol. The lowest BCUT2D eigenvalue weighted by molar-refractivity contribution is -0.138. The molecule has 25 heavy (non-hydrogen) atoms. The summed E-state index contributed by atoms with van der Waals surface area (Å²) < 4.78 is 0. The van der Waals surface area contributed by atoms with Crippen LogP contribution in [0.5, 0.6) is 0 Å². The van der Waals surface area contributed by atoms with Crippen LogP contribution in [0.3, 0.4) is 0 Å². The summed E-state index contributed by atoms with van der Waals surface area (Å²) in [5.41, 5.74) is 2.16. The molecule has 0 aliphatic heterocycles. The first-order chi connectivity index (χ1) is 12.0. The smallest absolute Gasteiger partial charge is 0.242 e. The van der Waals surface area contributed by atoms with Crippen LogP contribution in [0.4, 0.5) is 0 Å². The molecule has 132 valence electrons. The van der Waals surface area contributed by atoms with Crippen LogP contribution < -0.4 is 5.32 Å². The van der Waals surface area contributed by atoms with Crippen LogP contribution in [0, 0.1) is 6.92 Å². The molecule has 0 bridgehead atoms. The van der Waals surface area contributed by atoms with Crippen molar-refractivity contribution >= 4 is 23.6 Å². The fraction of sp³-hybridized carbons (Fsp3) is 0.300. The van der Waals surface area contributed by atoms with Gasteiger partial charge in [-0.15, -0.1) is 11.8 Å². The minimum Gasteiger partial charge on any atom is -0.357 e. The Morgan fingerprint density at radius 3 is 2.36 bits per heavy atom. The number of amides is 2. The van der Waals surface area contributed by atoms with Crippen molar-refractivity contribution in [3.63, 3.8) is 0 Å². The van der Waals surface area contributed by atoms with Crippen molar-refractivity contribution in [3.05, 3.63) is 65.7 Å². The molecule has 2 aromatic rings. The molecule has 0 spiro atoms. The van der Waals surface area contributed by atoms with E-state index in [1.807, 2.05) is 61.5 Å². The van der Waals surface area contributed by atoms with E-state index in [1.54, 1.807) is 18.9 Å². The molecule has 4 nitrogen and oxygen atoms in total. The fourth-order valence-corrected chi connectivity index (χ4v) is 3.31. The van der Waals surface area contributed by atoms with Crippen molar-refractivity contribution in [1.29, 1.82) is 0 Å². The third-order valence-corrected chi connectivity index (χ3v) is 5.12. The van der Waals surface area contributed by atoms with E-state index in [1.165, 1.54) is 11.8 Å². The van der Waals surface area contributed by atoms with E-state index >= 15 is 0 Å². The number of likely N-dealkylation sites (N-methyl/N-ethyl adjacent to an activating group) is 1. The molecule has 0 radical (unpaired) electrons. The lowest BCUT2D eigenvalue weighted by Gasteiger charge is -2.29.